The van der Waals surface area contributed by atoms with Gasteiger partial charge >= 0.3 is 0 Å². The predicted octanol–water partition coefficient (Wildman–Crippen LogP) is 4.32. The molecular weight excluding hydrogens is 196 g/mol. The van der Waals surface area contributed by atoms with Crippen molar-refractivity contribution in [2.24, 2.45) is 0 Å². The highest BCUT2D eigenvalue weighted by Gasteiger charge is 2.20. The van der Waals surface area contributed by atoms with E-state index in [1.54, 1.807) is 0 Å². The summed E-state index contributed by atoms with van der Waals surface area (Å²) in [5.41, 5.74) is 1.40. The van der Waals surface area contributed by atoms with E-state index in [1.807, 2.05) is 6.33 Å². The second-order valence-corrected chi connectivity index (χ2v) is 5.63. The van der Waals surface area contributed by atoms with E-state index in [1.165, 1.54) is 31.4 Å². The number of hydrogen-bond acceptors (Lipinski definition) is 1. The first-order chi connectivity index (χ1) is 7.47. The summed E-state index contributed by atoms with van der Waals surface area (Å²) in [5, 5.41) is 0. The lowest BCUT2D eigenvalue weighted by Crippen LogP contribution is -2.24. The fourth-order valence-corrected chi connectivity index (χ4v) is 1.90. The monoisotopic (exact) mass is 222 g/mol. The van der Waals surface area contributed by atoms with Crippen LogP contribution in [0.2, 0.25) is 0 Å². The van der Waals surface area contributed by atoms with E-state index >= 15 is 0 Å². The van der Waals surface area contributed by atoms with Crippen molar-refractivity contribution >= 4 is 0 Å². The SMILES string of the molecule is CCCCCC(C)(C)n1cnc(C(C)C)c1. The normalized spacial score (nSPS) is 12.4. The summed E-state index contributed by atoms with van der Waals surface area (Å²) in [6, 6.07) is 0. The zero-order valence-corrected chi connectivity index (χ0v) is 11.5. The van der Waals surface area contributed by atoms with Crippen molar-refractivity contribution in [3.63, 3.8) is 0 Å². The fourth-order valence-electron chi connectivity index (χ4n) is 1.90. The zero-order valence-electron chi connectivity index (χ0n) is 11.5. The van der Waals surface area contributed by atoms with Crippen LogP contribution in [0.4, 0.5) is 0 Å². The molecule has 0 unspecified atom stereocenters. The first-order valence-corrected chi connectivity index (χ1v) is 6.51. The molecule has 92 valence electrons. The molecule has 0 spiro atoms. The first kappa shape index (κ1) is 13.3. The third-order valence-electron chi connectivity index (χ3n) is 3.29. The van der Waals surface area contributed by atoms with Gasteiger partial charge in [-0.25, -0.2) is 4.98 Å². The van der Waals surface area contributed by atoms with E-state index in [4.69, 9.17) is 0 Å². The zero-order chi connectivity index (χ0) is 12.2. The Labute approximate surface area is 100 Å². The summed E-state index contributed by atoms with van der Waals surface area (Å²) >= 11 is 0. The Balaban J connectivity index is 2.65. The summed E-state index contributed by atoms with van der Waals surface area (Å²) in [6.07, 6.45) is 9.34. The molecule has 1 heterocycles. The van der Waals surface area contributed by atoms with Crippen LogP contribution in [0.25, 0.3) is 0 Å². The highest BCUT2D eigenvalue weighted by molar-refractivity contribution is 5.04. The van der Waals surface area contributed by atoms with Crippen LogP contribution in [-0.2, 0) is 5.54 Å². The minimum absolute atomic E-state index is 0.204. The maximum absolute atomic E-state index is 4.47. The van der Waals surface area contributed by atoms with Gasteiger partial charge in [-0.2, -0.15) is 0 Å². The molecule has 1 aromatic rings. The molecule has 0 fully saturated rings. The molecule has 0 aromatic carbocycles. The van der Waals surface area contributed by atoms with Crippen molar-refractivity contribution < 1.29 is 0 Å². The number of unbranched alkanes of at least 4 members (excludes halogenated alkanes) is 2. The van der Waals surface area contributed by atoms with Gasteiger partial charge in [0.05, 0.1) is 12.0 Å². The minimum Gasteiger partial charge on any atom is -0.332 e. The van der Waals surface area contributed by atoms with Gasteiger partial charge in [0.1, 0.15) is 0 Å². The van der Waals surface area contributed by atoms with E-state index in [2.05, 4.69) is 50.4 Å². The van der Waals surface area contributed by atoms with Gasteiger partial charge in [-0.05, 0) is 26.2 Å². The summed E-state index contributed by atoms with van der Waals surface area (Å²) in [7, 11) is 0. The highest BCUT2D eigenvalue weighted by atomic mass is 15.1. The predicted molar refractivity (Wildman–Crippen MR) is 69.8 cm³/mol. The summed E-state index contributed by atoms with van der Waals surface area (Å²) < 4.78 is 2.28. The van der Waals surface area contributed by atoms with Crippen LogP contribution in [0.3, 0.4) is 0 Å². The molecule has 16 heavy (non-hydrogen) atoms. The maximum Gasteiger partial charge on any atom is 0.0954 e. The average molecular weight is 222 g/mol. The molecule has 0 radical (unpaired) electrons. The molecule has 0 saturated heterocycles. The van der Waals surface area contributed by atoms with Crippen LogP contribution in [0.1, 0.15) is 71.9 Å². The van der Waals surface area contributed by atoms with Gasteiger partial charge in [0.15, 0.2) is 0 Å². The standard InChI is InChI=1S/C14H26N2/c1-6-7-8-9-14(4,5)16-10-13(12(2)3)15-11-16/h10-12H,6-9H2,1-5H3. The van der Waals surface area contributed by atoms with E-state index in [-0.39, 0.29) is 5.54 Å². The molecule has 0 amide bonds. The quantitative estimate of drug-likeness (QED) is 0.655. The number of imidazole rings is 1. The molecular formula is C14H26N2. The summed E-state index contributed by atoms with van der Waals surface area (Å²) in [5.74, 6) is 0.521. The van der Waals surface area contributed by atoms with Crippen molar-refractivity contribution in [2.45, 2.75) is 71.8 Å². The molecule has 0 saturated carbocycles. The molecule has 1 rings (SSSR count). The van der Waals surface area contributed by atoms with Crippen molar-refractivity contribution in [1.82, 2.24) is 9.55 Å². The molecule has 0 aliphatic heterocycles. The van der Waals surface area contributed by atoms with Crippen LogP contribution in [0.5, 0.6) is 0 Å². The Kier molecular flexibility index (Phi) is 4.57. The number of rotatable bonds is 6. The maximum atomic E-state index is 4.47. The topological polar surface area (TPSA) is 17.8 Å². The van der Waals surface area contributed by atoms with Crippen molar-refractivity contribution in [2.75, 3.05) is 0 Å². The summed E-state index contributed by atoms with van der Waals surface area (Å²) in [4.78, 5) is 4.47. The lowest BCUT2D eigenvalue weighted by atomic mass is 9.96. The van der Waals surface area contributed by atoms with Crippen molar-refractivity contribution in [3.8, 4) is 0 Å². The fraction of sp³-hybridized carbons (Fsp3) is 0.786. The van der Waals surface area contributed by atoms with Crippen molar-refractivity contribution in [3.05, 3.63) is 18.2 Å². The molecule has 0 aliphatic rings. The van der Waals surface area contributed by atoms with Gasteiger partial charge in [-0.3, -0.25) is 0 Å². The van der Waals surface area contributed by atoms with E-state index < -0.39 is 0 Å². The third-order valence-corrected chi connectivity index (χ3v) is 3.29. The lowest BCUT2D eigenvalue weighted by molar-refractivity contribution is 0.314. The van der Waals surface area contributed by atoms with Crippen LogP contribution < -0.4 is 0 Å². The second kappa shape index (κ2) is 5.51. The number of hydrogen-bond donors (Lipinski definition) is 0. The Hall–Kier alpha value is -0.790. The Morgan fingerprint density at radius 3 is 2.50 bits per heavy atom. The van der Waals surface area contributed by atoms with Gasteiger partial charge in [0, 0.05) is 11.7 Å². The summed E-state index contributed by atoms with van der Waals surface area (Å²) in [6.45, 7) is 11.2. The lowest BCUT2D eigenvalue weighted by Gasteiger charge is -2.26. The number of nitrogens with zero attached hydrogens (tertiary/aromatic N) is 2. The van der Waals surface area contributed by atoms with E-state index in [0.29, 0.717) is 5.92 Å². The van der Waals surface area contributed by atoms with E-state index in [0.717, 1.165) is 0 Å². The minimum atomic E-state index is 0.204. The average Bonchev–Trinajstić information content (AvgIpc) is 2.67. The number of aromatic nitrogens is 2. The largest absolute Gasteiger partial charge is 0.332 e. The van der Waals surface area contributed by atoms with Crippen LogP contribution >= 0.6 is 0 Å². The molecule has 0 bridgehead atoms. The smallest absolute Gasteiger partial charge is 0.0954 e. The molecule has 1 aromatic heterocycles. The highest BCUT2D eigenvalue weighted by Crippen LogP contribution is 2.24. The van der Waals surface area contributed by atoms with Gasteiger partial charge in [-0.1, -0.05) is 40.0 Å². The Morgan fingerprint density at radius 2 is 2.00 bits per heavy atom. The van der Waals surface area contributed by atoms with E-state index in [9.17, 15) is 0 Å². The van der Waals surface area contributed by atoms with Crippen molar-refractivity contribution in [1.29, 1.82) is 0 Å². The van der Waals surface area contributed by atoms with Gasteiger partial charge in [-0.15, -0.1) is 0 Å². The Bertz CT molecular complexity index is 310. The molecule has 0 N–H and O–H groups in total. The first-order valence-electron chi connectivity index (χ1n) is 6.51. The van der Waals surface area contributed by atoms with Gasteiger partial charge < -0.3 is 4.57 Å². The van der Waals surface area contributed by atoms with Gasteiger partial charge in [0.25, 0.3) is 0 Å². The third kappa shape index (κ3) is 3.36. The van der Waals surface area contributed by atoms with Crippen LogP contribution in [-0.4, -0.2) is 9.55 Å². The molecule has 2 heteroatoms. The van der Waals surface area contributed by atoms with Crippen LogP contribution in [0, 0.1) is 0 Å². The molecule has 2 nitrogen and oxygen atoms in total. The van der Waals surface area contributed by atoms with Gasteiger partial charge in [0.2, 0.25) is 0 Å². The molecule has 0 atom stereocenters. The molecule has 0 aliphatic carbocycles. The van der Waals surface area contributed by atoms with Crippen LogP contribution in [0.15, 0.2) is 12.5 Å². The Morgan fingerprint density at radius 1 is 1.31 bits per heavy atom. The second-order valence-electron chi connectivity index (χ2n) is 5.63.